The summed E-state index contributed by atoms with van der Waals surface area (Å²) in [4.78, 5) is 0. The van der Waals surface area contributed by atoms with Gasteiger partial charge in [-0.2, -0.15) is 5.10 Å². The quantitative estimate of drug-likeness (QED) is 0.514. The molecule has 1 aromatic heterocycles. The van der Waals surface area contributed by atoms with Crippen molar-refractivity contribution in [1.29, 1.82) is 0 Å². The average molecular weight is 140 g/mol. The molecule has 3 nitrogen and oxygen atoms in total. The van der Waals surface area contributed by atoms with Crippen molar-refractivity contribution in [2.24, 2.45) is 0 Å². The first kappa shape index (κ1) is 7.28. The number of aryl methyl sites for hydroxylation is 2. The second kappa shape index (κ2) is 2.84. The molecule has 3 heteroatoms. The Morgan fingerprint density at radius 1 is 1.40 bits per heavy atom. The van der Waals surface area contributed by atoms with Crippen LogP contribution in [0.25, 0.3) is 0 Å². The molecular formula is C7H12N2O. The Balaban J connectivity index is 0.000000500. The highest BCUT2D eigenvalue weighted by Gasteiger charge is 2.06. The summed E-state index contributed by atoms with van der Waals surface area (Å²) in [5.74, 6) is 0. The van der Waals surface area contributed by atoms with Crippen LogP contribution < -0.4 is 0 Å². The Morgan fingerprint density at radius 2 is 2.30 bits per heavy atom. The van der Waals surface area contributed by atoms with Gasteiger partial charge in [-0.25, -0.2) is 0 Å². The zero-order valence-corrected chi connectivity index (χ0v) is 5.88. The van der Waals surface area contributed by atoms with E-state index in [1.54, 1.807) is 0 Å². The van der Waals surface area contributed by atoms with Crippen LogP contribution in [0.3, 0.4) is 0 Å². The van der Waals surface area contributed by atoms with E-state index in [1.807, 2.05) is 6.20 Å². The molecule has 2 rings (SSSR count). The Morgan fingerprint density at radius 3 is 3.10 bits per heavy atom. The fourth-order valence-electron chi connectivity index (χ4n) is 1.34. The van der Waals surface area contributed by atoms with Gasteiger partial charge < -0.3 is 5.48 Å². The van der Waals surface area contributed by atoms with Gasteiger partial charge in [0.15, 0.2) is 0 Å². The number of nitrogens with zero attached hydrogens (tertiary/aromatic N) is 2. The molecule has 1 aliphatic heterocycles. The minimum atomic E-state index is 0. The molecule has 2 heterocycles. The zero-order chi connectivity index (χ0) is 6.10. The lowest BCUT2D eigenvalue weighted by Crippen LogP contribution is -2.10. The molecule has 2 N–H and O–H groups in total. The topological polar surface area (TPSA) is 49.3 Å². The molecule has 0 aromatic carbocycles. The molecular weight excluding hydrogens is 128 g/mol. The molecule has 0 saturated carbocycles. The first-order chi connectivity index (χ1) is 4.47. The van der Waals surface area contributed by atoms with E-state index in [0.717, 1.165) is 6.54 Å². The van der Waals surface area contributed by atoms with E-state index in [4.69, 9.17) is 0 Å². The fourth-order valence-corrected chi connectivity index (χ4v) is 1.34. The highest BCUT2D eigenvalue weighted by Crippen LogP contribution is 2.11. The molecule has 1 aromatic rings. The summed E-state index contributed by atoms with van der Waals surface area (Å²) in [5.41, 5.74) is 1.40. The minimum absolute atomic E-state index is 0. The number of fused-ring (bicyclic) bond motifs is 1. The minimum Gasteiger partial charge on any atom is -0.412 e. The van der Waals surface area contributed by atoms with E-state index < -0.39 is 0 Å². The lowest BCUT2D eigenvalue weighted by atomic mass is 10.1. The molecule has 0 saturated heterocycles. The third-order valence-corrected chi connectivity index (χ3v) is 1.86. The summed E-state index contributed by atoms with van der Waals surface area (Å²) in [6.45, 7) is 1.13. The highest BCUT2D eigenvalue weighted by molar-refractivity contribution is 5.01. The maximum absolute atomic E-state index is 4.17. The fraction of sp³-hybridized carbons (Fsp3) is 0.571. The first-order valence-corrected chi connectivity index (χ1v) is 3.47. The van der Waals surface area contributed by atoms with Crippen LogP contribution in [0.5, 0.6) is 0 Å². The van der Waals surface area contributed by atoms with Crippen molar-refractivity contribution in [2.75, 3.05) is 0 Å². The summed E-state index contributed by atoms with van der Waals surface area (Å²) in [6, 6.07) is 2.11. The van der Waals surface area contributed by atoms with Gasteiger partial charge in [-0.15, -0.1) is 0 Å². The highest BCUT2D eigenvalue weighted by atomic mass is 16.0. The second-order valence-corrected chi connectivity index (χ2v) is 2.50. The van der Waals surface area contributed by atoms with Gasteiger partial charge in [0.25, 0.3) is 0 Å². The summed E-state index contributed by atoms with van der Waals surface area (Å²) in [6.07, 6.45) is 5.75. The van der Waals surface area contributed by atoms with E-state index in [0.29, 0.717) is 0 Å². The normalized spacial score (nSPS) is 15.6. The summed E-state index contributed by atoms with van der Waals surface area (Å²) in [5, 5.41) is 4.17. The first-order valence-electron chi connectivity index (χ1n) is 3.47. The van der Waals surface area contributed by atoms with Gasteiger partial charge in [-0.1, -0.05) is 0 Å². The third-order valence-electron chi connectivity index (χ3n) is 1.86. The predicted molar refractivity (Wildman–Crippen MR) is 38.8 cm³/mol. The molecule has 0 unspecified atom stereocenters. The summed E-state index contributed by atoms with van der Waals surface area (Å²) in [7, 11) is 0. The molecule has 0 radical (unpaired) electrons. The largest absolute Gasteiger partial charge is 0.412 e. The van der Waals surface area contributed by atoms with Crippen LogP contribution in [0.2, 0.25) is 0 Å². The van der Waals surface area contributed by atoms with Gasteiger partial charge in [0.2, 0.25) is 0 Å². The van der Waals surface area contributed by atoms with E-state index in [1.165, 1.54) is 25.0 Å². The monoisotopic (exact) mass is 140 g/mol. The second-order valence-electron chi connectivity index (χ2n) is 2.50. The number of rotatable bonds is 0. The molecule has 56 valence electrons. The van der Waals surface area contributed by atoms with E-state index in [9.17, 15) is 0 Å². The van der Waals surface area contributed by atoms with E-state index in [2.05, 4.69) is 15.8 Å². The van der Waals surface area contributed by atoms with Crippen LogP contribution >= 0.6 is 0 Å². The molecule has 10 heavy (non-hydrogen) atoms. The SMILES string of the molecule is O.c1cc2n(n1)CCCC2. The van der Waals surface area contributed by atoms with Crippen molar-refractivity contribution in [1.82, 2.24) is 9.78 Å². The van der Waals surface area contributed by atoms with Crippen LogP contribution in [0.4, 0.5) is 0 Å². The molecule has 0 amide bonds. The number of hydrogen-bond donors (Lipinski definition) is 0. The number of hydrogen-bond acceptors (Lipinski definition) is 1. The van der Waals surface area contributed by atoms with Crippen molar-refractivity contribution >= 4 is 0 Å². The van der Waals surface area contributed by atoms with E-state index in [-0.39, 0.29) is 5.48 Å². The van der Waals surface area contributed by atoms with Crippen LogP contribution in [0.1, 0.15) is 18.5 Å². The maximum Gasteiger partial charge on any atom is 0.0492 e. The van der Waals surface area contributed by atoms with Crippen LogP contribution in [0, 0.1) is 0 Å². The Hall–Kier alpha value is -0.830. The van der Waals surface area contributed by atoms with Crippen molar-refractivity contribution < 1.29 is 5.48 Å². The molecule has 0 fully saturated rings. The van der Waals surface area contributed by atoms with Gasteiger partial charge in [0.05, 0.1) is 0 Å². The van der Waals surface area contributed by atoms with Crippen LogP contribution in [-0.4, -0.2) is 15.3 Å². The molecule has 0 atom stereocenters. The standard InChI is InChI=1S/C7H10N2.H2O/c1-2-6-9-7(3-1)4-5-8-9;/h4-5H,1-3,6H2;1H2. The number of aromatic nitrogens is 2. The smallest absolute Gasteiger partial charge is 0.0492 e. The van der Waals surface area contributed by atoms with Gasteiger partial charge >= 0.3 is 0 Å². The van der Waals surface area contributed by atoms with Crippen molar-refractivity contribution in [3.63, 3.8) is 0 Å². The average Bonchev–Trinajstić information content (AvgIpc) is 2.33. The van der Waals surface area contributed by atoms with Gasteiger partial charge in [0.1, 0.15) is 0 Å². The summed E-state index contributed by atoms with van der Waals surface area (Å²) < 4.78 is 2.10. The molecule has 1 aliphatic rings. The van der Waals surface area contributed by atoms with Crippen molar-refractivity contribution in [2.45, 2.75) is 25.8 Å². The zero-order valence-electron chi connectivity index (χ0n) is 5.88. The predicted octanol–water partition coefficient (Wildman–Crippen LogP) is 0.395. The van der Waals surface area contributed by atoms with Crippen molar-refractivity contribution in [3.05, 3.63) is 18.0 Å². The van der Waals surface area contributed by atoms with Gasteiger partial charge in [-0.05, 0) is 25.3 Å². The Bertz CT molecular complexity index is 187. The molecule has 0 spiro atoms. The third kappa shape index (κ3) is 1.04. The maximum atomic E-state index is 4.17. The molecule has 0 aliphatic carbocycles. The van der Waals surface area contributed by atoms with Crippen molar-refractivity contribution in [3.8, 4) is 0 Å². The van der Waals surface area contributed by atoms with E-state index >= 15 is 0 Å². The lowest BCUT2D eigenvalue weighted by molar-refractivity contribution is 0.486. The molecule has 0 bridgehead atoms. The summed E-state index contributed by atoms with van der Waals surface area (Å²) >= 11 is 0. The van der Waals surface area contributed by atoms with Gasteiger partial charge in [0, 0.05) is 18.4 Å². The van der Waals surface area contributed by atoms with Crippen LogP contribution in [0.15, 0.2) is 12.3 Å². The van der Waals surface area contributed by atoms with Crippen LogP contribution in [-0.2, 0) is 13.0 Å². The van der Waals surface area contributed by atoms with Gasteiger partial charge in [-0.3, -0.25) is 4.68 Å². The Labute approximate surface area is 60.0 Å². The Kier molecular flexibility index (Phi) is 2.06. The lowest BCUT2D eigenvalue weighted by Gasteiger charge is -2.11.